The zero-order chi connectivity index (χ0) is 11.7. The predicted octanol–water partition coefficient (Wildman–Crippen LogP) is 2.98. The van der Waals surface area contributed by atoms with E-state index < -0.39 is 24.4 Å². The Labute approximate surface area is 88.4 Å². The summed E-state index contributed by atoms with van der Waals surface area (Å²) in [5.41, 5.74) is 0. The van der Waals surface area contributed by atoms with Gasteiger partial charge in [-0.05, 0) is 5.19 Å². The average Bonchev–Trinajstić information content (AvgIpc) is 2.16. The van der Waals surface area contributed by atoms with Crippen molar-refractivity contribution in [3.63, 3.8) is 0 Å². The quantitative estimate of drug-likeness (QED) is 0.436. The number of benzene rings is 1. The molecule has 0 amide bonds. The van der Waals surface area contributed by atoms with Gasteiger partial charge < -0.3 is 0 Å². The van der Waals surface area contributed by atoms with Crippen molar-refractivity contribution in [2.45, 2.75) is 11.8 Å². The minimum absolute atomic E-state index is 0.519. The van der Waals surface area contributed by atoms with E-state index in [1.165, 1.54) is 18.2 Å². The summed E-state index contributed by atoms with van der Waals surface area (Å²) in [5, 5.41) is -0.519. The third-order valence-electron chi connectivity index (χ3n) is 1.91. The van der Waals surface area contributed by atoms with Crippen LogP contribution in [-0.2, 0) is 0 Å². The summed E-state index contributed by atoms with van der Waals surface area (Å²) < 4.78 is 62.4. The summed E-state index contributed by atoms with van der Waals surface area (Å²) in [7, 11) is -5.27. The monoisotopic (exact) mass is 260 g/mol. The second kappa shape index (κ2) is 4.09. The van der Waals surface area contributed by atoms with Gasteiger partial charge in [-0.3, -0.25) is 0 Å². The molecule has 0 aliphatic rings. The lowest BCUT2D eigenvalue weighted by Crippen LogP contribution is -2.61. The molecule has 1 aromatic rings. The van der Waals surface area contributed by atoms with Gasteiger partial charge in [0.05, 0.1) is 0 Å². The molecule has 0 spiro atoms. The highest BCUT2D eigenvalue weighted by Gasteiger charge is 2.65. The zero-order valence-electron chi connectivity index (χ0n) is 7.23. The molecule has 0 heterocycles. The van der Waals surface area contributed by atoms with E-state index in [1.807, 2.05) is 0 Å². The van der Waals surface area contributed by atoms with Crippen LogP contribution in [0.4, 0.5) is 22.0 Å². The first-order chi connectivity index (χ1) is 6.80. The second-order valence-corrected chi connectivity index (χ2v) is 7.67. The van der Waals surface area contributed by atoms with Crippen LogP contribution in [0.5, 0.6) is 0 Å². The van der Waals surface area contributed by atoms with Gasteiger partial charge in [-0.25, -0.2) is 8.78 Å². The van der Waals surface area contributed by atoms with Crippen LogP contribution >= 0.6 is 11.1 Å². The maximum Gasteiger partial charge on any atom is 0.388 e. The lowest BCUT2D eigenvalue weighted by atomic mass is 10.4. The number of alkyl halides is 5. The van der Waals surface area contributed by atoms with E-state index in [-0.39, 0.29) is 0 Å². The molecule has 1 rings (SSSR count). The van der Waals surface area contributed by atoms with Gasteiger partial charge in [-0.15, -0.1) is 11.1 Å². The van der Waals surface area contributed by atoms with Crippen LogP contribution in [0.3, 0.4) is 0 Å². The number of halogens is 6. The third-order valence-corrected chi connectivity index (χ3v) is 6.30. The highest BCUT2D eigenvalue weighted by Crippen LogP contribution is 2.36. The van der Waals surface area contributed by atoms with E-state index in [0.29, 0.717) is 0 Å². The summed E-state index contributed by atoms with van der Waals surface area (Å²) in [6, 6.07) is 2.34. The third kappa shape index (κ3) is 2.15. The van der Waals surface area contributed by atoms with Gasteiger partial charge in [0.25, 0.3) is 6.05 Å². The lowest BCUT2D eigenvalue weighted by molar-refractivity contribution is -0.0589. The predicted molar refractivity (Wildman–Crippen MR) is 49.7 cm³/mol. The Hall–Kier alpha value is -0.623. The molecule has 0 radical (unpaired) electrons. The van der Waals surface area contributed by atoms with Crippen molar-refractivity contribution in [3.05, 3.63) is 30.3 Å². The topological polar surface area (TPSA) is 0 Å². The van der Waals surface area contributed by atoms with Crippen LogP contribution in [0.2, 0.25) is 0 Å². The van der Waals surface area contributed by atoms with Gasteiger partial charge in [0, 0.05) is 0 Å². The van der Waals surface area contributed by atoms with E-state index >= 15 is 0 Å². The summed E-state index contributed by atoms with van der Waals surface area (Å²) in [4.78, 5) is 0. The summed E-state index contributed by atoms with van der Waals surface area (Å²) in [6.45, 7) is 0. The van der Waals surface area contributed by atoms with Gasteiger partial charge >= 0.3 is 13.2 Å². The fraction of sp³-hybridized carbons (Fsp3) is 0.250. The van der Waals surface area contributed by atoms with Crippen LogP contribution < -0.4 is 5.19 Å². The molecule has 0 nitrogen and oxygen atoms in total. The first-order valence-corrected chi connectivity index (χ1v) is 6.98. The molecule has 0 fully saturated rings. The highest BCUT2D eigenvalue weighted by molar-refractivity contribution is 7.28. The SMILES string of the molecule is FC(F)[Si](Cl)(c1ccccc1)C(F)(F)F. The summed E-state index contributed by atoms with van der Waals surface area (Å²) in [6.07, 6.45) is 0. The molecule has 7 heteroatoms. The Bertz CT molecular complexity index is 326. The second-order valence-electron chi connectivity index (χ2n) is 2.88. The Balaban J connectivity index is 3.26. The fourth-order valence-electron chi connectivity index (χ4n) is 1.09. The highest BCUT2D eigenvalue weighted by atomic mass is 35.6. The summed E-state index contributed by atoms with van der Waals surface area (Å²) >= 11 is 5.14. The van der Waals surface area contributed by atoms with Gasteiger partial charge in [0.15, 0.2) is 0 Å². The molecule has 1 atom stereocenters. The molecule has 0 N–H and O–H groups in total. The molecular formula is C8H6ClF5Si. The first-order valence-electron chi connectivity index (χ1n) is 3.89. The van der Waals surface area contributed by atoms with Crippen molar-refractivity contribution in [1.29, 1.82) is 0 Å². The van der Waals surface area contributed by atoms with Gasteiger partial charge in [-0.2, -0.15) is 13.2 Å². The van der Waals surface area contributed by atoms with Crippen LogP contribution in [0.1, 0.15) is 0 Å². The van der Waals surface area contributed by atoms with E-state index in [1.54, 1.807) is 0 Å². The number of rotatable bonds is 2. The maximum atomic E-state index is 12.5. The normalized spacial score (nSPS) is 16.5. The van der Waals surface area contributed by atoms with Crippen molar-refractivity contribution in [2.24, 2.45) is 0 Å². The Morgan fingerprint density at radius 1 is 1.07 bits per heavy atom. The molecule has 1 unspecified atom stereocenters. The van der Waals surface area contributed by atoms with E-state index in [2.05, 4.69) is 0 Å². The summed E-state index contributed by atoms with van der Waals surface area (Å²) in [5.74, 6) is -5.07. The molecule has 0 aliphatic heterocycles. The molecule has 15 heavy (non-hydrogen) atoms. The maximum absolute atomic E-state index is 12.5. The molecule has 0 aromatic heterocycles. The molecule has 0 aliphatic carbocycles. The van der Waals surface area contributed by atoms with Crippen LogP contribution in [0.15, 0.2) is 30.3 Å². The van der Waals surface area contributed by atoms with Gasteiger partial charge in [0.2, 0.25) is 0 Å². The van der Waals surface area contributed by atoms with Crippen molar-refractivity contribution < 1.29 is 22.0 Å². The van der Waals surface area contributed by atoms with Crippen molar-refractivity contribution in [3.8, 4) is 0 Å². The van der Waals surface area contributed by atoms with E-state index in [9.17, 15) is 22.0 Å². The number of hydrogen-bond donors (Lipinski definition) is 0. The van der Waals surface area contributed by atoms with Crippen molar-refractivity contribution in [1.82, 2.24) is 0 Å². The van der Waals surface area contributed by atoms with Crippen LogP contribution in [-0.4, -0.2) is 19.2 Å². The molecule has 84 valence electrons. The minimum Gasteiger partial charge on any atom is -0.213 e. The van der Waals surface area contributed by atoms with E-state index in [0.717, 1.165) is 12.1 Å². The molecule has 0 saturated heterocycles. The molecule has 1 aromatic carbocycles. The zero-order valence-corrected chi connectivity index (χ0v) is 8.99. The van der Waals surface area contributed by atoms with Crippen LogP contribution in [0, 0.1) is 0 Å². The van der Waals surface area contributed by atoms with Crippen molar-refractivity contribution >= 4 is 23.6 Å². The van der Waals surface area contributed by atoms with Crippen LogP contribution in [0.25, 0.3) is 0 Å². The average molecular weight is 261 g/mol. The largest absolute Gasteiger partial charge is 0.388 e. The van der Waals surface area contributed by atoms with Crippen molar-refractivity contribution in [2.75, 3.05) is 0 Å². The number of hydrogen-bond acceptors (Lipinski definition) is 0. The Morgan fingerprint density at radius 2 is 1.53 bits per heavy atom. The Kier molecular flexibility index (Phi) is 3.40. The molecule has 0 bridgehead atoms. The standard InChI is InChI=1S/C8H6ClF5Si/c9-15(7(10)11,8(12,13)14)6-4-2-1-3-5-6/h1-5,7H. The minimum atomic E-state index is -5.27. The van der Waals surface area contributed by atoms with Gasteiger partial charge in [-0.1, -0.05) is 30.3 Å². The fourth-order valence-corrected chi connectivity index (χ4v) is 2.98. The first kappa shape index (κ1) is 12.4. The lowest BCUT2D eigenvalue weighted by Gasteiger charge is -2.25. The smallest absolute Gasteiger partial charge is 0.213 e. The van der Waals surface area contributed by atoms with Gasteiger partial charge in [0.1, 0.15) is 0 Å². The van der Waals surface area contributed by atoms with E-state index in [4.69, 9.17) is 11.1 Å². The Morgan fingerprint density at radius 3 is 1.87 bits per heavy atom. The molecular weight excluding hydrogens is 255 g/mol. The molecule has 0 saturated carbocycles.